The lowest BCUT2D eigenvalue weighted by Crippen LogP contribution is -2.33. The van der Waals surface area contributed by atoms with Crippen LogP contribution in [-0.4, -0.2) is 23.1 Å². The molecule has 1 atom stereocenters. The van der Waals surface area contributed by atoms with Crippen LogP contribution in [0.4, 0.5) is 13.2 Å². The monoisotopic (exact) mass is 489 g/mol. The van der Waals surface area contributed by atoms with Crippen LogP contribution in [-0.2, 0) is 18.1 Å². The lowest BCUT2D eigenvalue weighted by Gasteiger charge is -2.31. The Bertz CT molecular complexity index is 1270. The van der Waals surface area contributed by atoms with Gasteiger partial charge in [-0.15, -0.1) is 0 Å². The largest absolute Gasteiger partial charge is 0.507 e. The summed E-state index contributed by atoms with van der Waals surface area (Å²) in [5.74, 6) is -2.12. The number of rotatable bonds is 4. The van der Waals surface area contributed by atoms with Gasteiger partial charge in [-0.2, -0.15) is 13.2 Å². The number of ether oxygens (including phenoxy) is 1. The van der Waals surface area contributed by atoms with E-state index in [2.05, 4.69) is 11.8 Å². The Morgan fingerprint density at radius 3 is 2.40 bits per heavy atom. The molecule has 35 heavy (non-hydrogen) atoms. The van der Waals surface area contributed by atoms with Gasteiger partial charge in [0.2, 0.25) is 11.2 Å². The second kappa shape index (κ2) is 9.22. The van der Waals surface area contributed by atoms with Crippen molar-refractivity contribution in [3.8, 4) is 17.2 Å². The van der Waals surface area contributed by atoms with Gasteiger partial charge < -0.3 is 14.3 Å². The number of nitrogens with zero attached hydrogens (tertiary/aromatic N) is 1. The van der Waals surface area contributed by atoms with E-state index in [-0.39, 0.29) is 40.0 Å². The lowest BCUT2D eigenvalue weighted by molar-refractivity contribution is -0.154. The molecule has 1 aromatic heterocycles. The summed E-state index contributed by atoms with van der Waals surface area (Å²) in [6, 6.07) is 9.15. The van der Waals surface area contributed by atoms with Crippen molar-refractivity contribution in [1.82, 2.24) is 4.90 Å². The van der Waals surface area contributed by atoms with Crippen LogP contribution in [0.3, 0.4) is 0 Å². The minimum absolute atomic E-state index is 0.0721. The Labute approximate surface area is 202 Å². The average Bonchev–Trinajstić information content (AvgIpc) is 2.76. The summed E-state index contributed by atoms with van der Waals surface area (Å²) in [5, 5.41) is 10.4. The first-order valence-electron chi connectivity index (χ1n) is 11.7. The maximum Gasteiger partial charge on any atom is 0.453 e. The third-order valence-corrected chi connectivity index (χ3v) is 6.42. The van der Waals surface area contributed by atoms with Crippen LogP contribution in [0.5, 0.6) is 17.2 Å². The molecule has 188 valence electrons. The van der Waals surface area contributed by atoms with Gasteiger partial charge in [-0.05, 0) is 60.5 Å². The molecule has 2 heterocycles. The molecule has 0 unspecified atom stereocenters. The summed E-state index contributed by atoms with van der Waals surface area (Å²) in [5.41, 5.74) is -0.219. The summed E-state index contributed by atoms with van der Waals surface area (Å²) in [4.78, 5) is 15.3. The van der Waals surface area contributed by atoms with Crippen molar-refractivity contribution in [3.05, 3.63) is 63.5 Å². The highest BCUT2D eigenvalue weighted by molar-refractivity contribution is 5.83. The normalized spacial score (nSPS) is 17.6. The predicted molar refractivity (Wildman–Crippen MR) is 128 cm³/mol. The third kappa shape index (κ3) is 5.32. The highest BCUT2D eigenvalue weighted by atomic mass is 19.4. The number of hydrogen-bond acceptors (Lipinski definition) is 5. The zero-order valence-electron chi connectivity index (χ0n) is 20.3. The van der Waals surface area contributed by atoms with E-state index < -0.39 is 23.1 Å². The minimum atomic E-state index is -4.98. The van der Waals surface area contributed by atoms with E-state index >= 15 is 0 Å². The molecule has 8 heteroatoms. The fraction of sp³-hybridized carbons (Fsp3) is 0.444. The first-order valence-corrected chi connectivity index (χ1v) is 11.7. The quantitative estimate of drug-likeness (QED) is 0.435. The molecule has 5 nitrogen and oxygen atoms in total. The molecule has 3 aromatic rings. The number of halogens is 3. The summed E-state index contributed by atoms with van der Waals surface area (Å²) >= 11 is 0. The number of alkyl halides is 3. The summed E-state index contributed by atoms with van der Waals surface area (Å²) < 4.78 is 52.9. The summed E-state index contributed by atoms with van der Waals surface area (Å²) in [6.45, 7) is 9.83. The number of phenolic OH excluding ortho intramolecular Hbond substituents is 1. The molecular weight excluding hydrogens is 459 g/mol. The molecule has 0 radical (unpaired) electrons. The van der Waals surface area contributed by atoms with Crippen molar-refractivity contribution < 1.29 is 27.4 Å². The second-order valence-electron chi connectivity index (χ2n) is 10.4. The van der Waals surface area contributed by atoms with Crippen LogP contribution in [0.1, 0.15) is 57.4 Å². The Hall–Kier alpha value is -3.00. The number of phenols is 1. The maximum atomic E-state index is 14.0. The van der Waals surface area contributed by atoms with E-state index in [1.54, 1.807) is 12.1 Å². The molecule has 1 saturated heterocycles. The standard InChI is InChI=1S/C27H30F3NO4/c1-16-6-5-13-31(14-16)15-20-21(32)12-11-19-22(33)24(25(27(28,29)30)35-23(19)20)34-18-9-7-17(8-10-18)26(2,3)4/h7-12,16,32H,5-6,13-15H2,1-4H3/t16-/m0/s1. The molecule has 1 fully saturated rings. The highest BCUT2D eigenvalue weighted by Gasteiger charge is 2.41. The smallest absolute Gasteiger partial charge is 0.453 e. The molecule has 0 amide bonds. The van der Waals surface area contributed by atoms with E-state index in [0.717, 1.165) is 31.5 Å². The Kier molecular flexibility index (Phi) is 6.62. The zero-order chi connectivity index (χ0) is 25.5. The highest BCUT2D eigenvalue weighted by Crippen LogP contribution is 2.40. The Morgan fingerprint density at radius 2 is 1.80 bits per heavy atom. The topological polar surface area (TPSA) is 62.9 Å². The molecule has 4 rings (SSSR count). The van der Waals surface area contributed by atoms with E-state index in [0.29, 0.717) is 5.92 Å². The van der Waals surface area contributed by atoms with E-state index in [1.165, 1.54) is 24.3 Å². The number of benzene rings is 2. The van der Waals surface area contributed by atoms with Crippen LogP contribution < -0.4 is 10.2 Å². The fourth-order valence-electron chi connectivity index (χ4n) is 4.51. The van der Waals surface area contributed by atoms with Gasteiger partial charge in [0, 0.05) is 13.1 Å². The van der Waals surface area contributed by atoms with Crippen molar-refractivity contribution >= 4 is 11.0 Å². The fourth-order valence-corrected chi connectivity index (χ4v) is 4.51. The first-order chi connectivity index (χ1) is 16.3. The van der Waals surface area contributed by atoms with Crippen LogP contribution in [0.25, 0.3) is 11.0 Å². The van der Waals surface area contributed by atoms with Gasteiger partial charge in [-0.25, -0.2) is 0 Å². The van der Waals surface area contributed by atoms with Gasteiger partial charge in [0.05, 0.1) is 10.9 Å². The number of hydrogen-bond donors (Lipinski definition) is 1. The second-order valence-corrected chi connectivity index (χ2v) is 10.4. The van der Waals surface area contributed by atoms with Crippen LogP contribution in [0.2, 0.25) is 0 Å². The molecular formula is C27H30F3NO4. The molecule has 0 spiro atoms. The van der Waals surface area contributed by atoms with Crippen molar-refractivity contribution in [2.45, 2.75) is 58.7 Å². The van der Waals surface area contributed by atoms with Crippen LogP contribution in [0.15, 0.2) is 45.6 Å². The molecule has 0 bridgehead atoms. The summed E-state index contributed by atoms with van der Waals surface area (Å²) in [6.07, 6.45) is -2.95. The van der Waals surface area contributed by atoms with Gasteiger partial charge in [0.15, 0.2) is 0 Å². The third-order valence-electron chi connectivity index (χ3n) is 6.42. The van der Waals surface area contributed by atoms with Gasteiger partial charge in [-0.1, -0.05) is 39.8 Å². The zero-order valence-corrected chi connectivity index (χ0v) is 20.3. The maximum absolute atomic E-state index is 14.0. The van der Waals surface area contributed by atoms with Gasteiger partial charge >= 0.3 is 6.18 Å². The summed E-state index contributed by atoms with van der Waals surface area (Å²) in [7, 11) is 0. The van der Waals surface area contributed by atoms with E-state index in [9.17, 15) is 23.1 Å². The Balaban J connectivity index is 1.81. The molecule has 1 aliphatic heterocycles. The number of aromatic hydroxyl groups is 1. The van der Waals surface area contributed by atoms with E-state index in [4.69, 9.17) is 9.15 Å². The molecule has 1 N–H and O–H groups in total. The number of piperidine rings is 1. The Morgan fingerprint density at radius 1 is 1.11 bits per heavy atom. The lowest BCUT2D eigenvalue weighted by atomic mass is 9.87. The predicted octanol–water partition coefficient (Wildman–Crippen LogP) is 6.84. The van der Waals surface area contributed by atoms with Crippen molar-refractivity contribution in [1.29, 1.82) is 0 Å². The number of likely N-dealkylation sites (tertiary alicyclic amines) is 1. The average molecular weight is 490 g/mol. The van der Waals surface area contributed by atoms with Crippen molar-refractivity contribution in [2.75, 3.05) is 13.1 Å². The van der Waals surface area contributed by atoms with Gasteiger partial charge in [0.1, 0.15) is 17.1 Å². The molecule has 0 aliphatic carbocycles. The number of fused-ring (bicyclic) bond motifs is 1. The molecule has 1 aliphatic rings. The van der Waals surface area contributed by atoms with Crippen molar-refractivity contribution in [2.24, 2.45) is 5.92 Å². The minimum Gasteiger partial charge on any atom is -0.507 e. The molecule has 2 aromatic carbocycles. The van der Waals surface area contributed by atoms with Gasteiger partial charge in [-0.3, -0.25) is 9.69 Å². The molecule has 0 saturated carbocycles. The van der Waals surface area contributed by atoms with Crippen LogP contribution in [0, 0.1) is 5.92 Å². The van der Waals surface area contributed by atoms with Gasteiger partial charge in [0.25, 0.3) is 5.76 Å². The SMILES string of the molecule is C[C@H]1CCCN(Cc2c(O)ccc3c(=O)c(Oc4ccc(C(C)(C)C)cc4)c(C(F)(F)F)oc23)C1. The van der Waals surface area contributed by atoms with Crippen LogP contribution >= 0.6 is 0 Å². The van der Waals surface area contributed by atoms with E-state index in [1.807, 2.05) is 20.8 Å². The van der Waals surface area contributed by atoms with Crippen molar-refractivity contribution in [3.63, 3.8) is 0 Å². The first kappa shape index (κ1) is 25.1.